The van der Waals surface area contributed by atoms with Crippen molar-refractivity contribution in [3.63, 3.8) is 0 Å². The fourth-order valence-electron chi connectivity index (χ4n) is 1.83. The highest BCUT2D eigenvalue weighted by atomic mass is 79.9. The molecular formula is C15H12Br2ClF. The summed E-state index contributed by atoms with van der Waals surface area (Å²) in [6, 6.07) is 11.2. The maximum atomic E-state index is 14.0. The first-order valence-electron chi connectivity index (χ1n) is 5.90. The molecule has 0 bridgehead atoms. The average Bonchev–Trinajstić information content (AvgIpc) is 2.42. The Morgan fingerprint density at radius 1 is 1.21 bits per heavy atom. The van der Waals surface area contributed by atoms with E-state index in [1.165, 1.54) is 11.6 Å². The van der Waals surface area contributed by atoms with Crippen LogP contribution >= 0.6 is 43.5 Å². The van der Waals surface area contributed by atoms with Gasteiger partial charge in [-0.2, -0.15) is 0 Å². The highest BCUT2D eigenvalue weighted by Gasteiger charge is 2.16. The molecule has 1 unspecified atom stereocenters. The molecule has 1 atom stereocenters. The van der Waals surface area contributed by atoms with Gasteiger partial charge in [0.05, 0.1) is 9.85 Å². The van der Waals surface area contributed by atoms with Crippen molar-refractivity contribution >= 4 is 43.5 Å². The highest BCUT2D eigenvalue weighted by Crippen LogP contribution is 2.36. The Morgan fingerprint density at radius 2 is 1.84 bits per heavy atom. The van der Waals surface area contributed by atoms with Crippen LogP contribution in [0.25, 0.3) is 0 Å². The number of hydrogen-bond acceptors (Lipinski definition) is 0. The van der Waals surface area contributed by atoms with Crippen molar-refractivity contribution in [2.45, 2.75) is 18.2 Å². The molecule has 0 heterocycles. The van der Waals surface area contributed by atoms with Gasteiger partial charge in [-0.3, -0.25) is 0 Å². The van der Waals surface area contributed by atoms with Gasteiger partial charge in [-0.15, -0.1) is 0 Å². The molecular weight excluding hydrogens is 394 g/mol. The van der Waals surface area contributed by atoms with Gasteiger partial charge in [0.15, 0.2) is 0 Å². The first-order chi connectivity index (χ1) is 9.02. The minimum Gasteiger partial charge on any atom is -0.207 e. The topological polar surface area (TPSA) is 0 Å². The molecule has 0 aliphatic rings. The molecule has 0 fully saturated rings. The fourth-order valence-corrected chi connectivity index (χ4v) is 2.98. The van der Waals surface area contributed by atoms with E-state index in [-0.39, 0.29) is 10.6 Å². The minimum atomic E-state index is -0.280. The van der Waals surface area contributed by atoms with E-state index in [9.17, 15) is 4.39 Å². The Kier molecular flexibility index (Phi) is 5.04. The molecule has 0 aromatic heterocycles. The van der Waals surface area contributed by atoms with Crippen LogP contribution in [0.3, 0.4) is 0 Å². The summed E-state index contributed by atoms with van der Waals surface area (Å²) >= 11 is 12.8. The lowest BCUT2D eigenvalue weighted by atomic mass is 10.0. The van der Waals surface area contributed by atoms with Crippen molar-refractivity contribution in [1.29, 1.82) is 0 Å². The SMILES string of the molecule is CCc1ccc(C(Br)c2cc(Cl)c(Br)cc2F)cc1. The molecule has 0 saturated heterocycles. The molecule has 19 heavy (non-hydrogen) atoms. The van der Waals surface area contributed by atoms with Crippen molar-refractivity contribution in [3.05, 3.63) is 68.4 Å². The normalized spacial score (nSPS) is 12.5. The molecule has 0 radical (unpaired) electrons. The second kappa shape index (κ2) is 6.38. The Balaban J connectivity index is 2.37. The second-order valence-corrected chi connectivity index (χ2v) is 6.42. The number of halogens is 4. The lowest BCUT2D eigenvalue weighted by molar-refractivity contribution is 0.612. The molecule has 0 spiro atoms. The van der Waals surface area contributed by atoms with Crippen molar-refractivity contribution in [3.8, 4) is 0 Å². The summed E-state index contributed by atoms with van der Waals surface area (Å²) in [5.41, 5.74) is 2.81. The predicted octanol–water partition coefficient (Wildman–Crippen LogP) is 6.29. The summed E-state index contributed by atoms with van der Waals surface area (Å²) in [5, 5.41) is 0.506. The van der Waals surface area contributed by atoms with Crippen LogP contribution in [0.2, 0.25) is 5.02 Å². The smallest absolute Gasteiger partial charge is 0.129 e. The van der Waals surface area contributed by atoms with Gasteiger partial charge < -0.3 is 0 Å². The van der Waals surface area contributed by atoms with Gasteiger partial charge in [-0.1, -0.05) is 58.7 Å². The number of hydrogen-bond donors (Lipinski definition) is 0. The molecule has 0 N–H and O–H groups in total. The van der Waals surface area contributed by atoms with E-state index >= 15 is 0 Å². The summed E-state index contributed by atoms with van der Waals surface area (Å²) in [5.74, 6) is -0.280. The van der Waals surface area contributed by atoms with Crippen LogP contribution in [-0.4, -0.2) is 0 Å². The van der Waals surface area contributed by atoms with Gasteiger partial charge in [-0.05, 0) is 45.6 Å². The summed E-state index contributed by atoms with van der Waals surface area (Å²) < 4.78 is 14.6. The number of rotatable bonds is 3. The van der Waals surface area contributed by atoms with Gasteiger partial charge in [0.2, 0.25) is 0 Å². The van der Waals surface area contributed by atoms with E-state index in [0.29, 0.717) is 15.1 Å². The quantitative estimate of drug-likeness (QED) is 0.415. The maximum Gasteiger partial charge on any atom is 0.129 e. The molecule has 4 heteroatoms. The number of aryl methyl sites for hydroxylation is 1. The zero-order valence-electron chi connectivity index (χ0n) is 10.3. The third kappa shape index (κ3) is 3.39. The first-order valence-corrected chi connectivity index (χ1v) is 7.99. The maximum absolute atomic E-state index is 14.0. The zero-order valence-corrected chi connectivity index (χ0v) is 14.2. The van der Waals surface area contributed by atoms with Crippen LogP contribution in [0.5, 0.6) is 0 Å². The monoisotopic (exact) mass is 404 g/mol. The third-order valence-electron chi connectivity index (χ3n) is 2.99. The van der Waals surface area contributed by atoms with Crippen LogP contribution in [0.4, 0.5) is 4.39 Å². The number of alkyl halides is 1. The molecule has 2 rings (SSSR count). The van der Waals surface area contributed by atoms with Gasteiger partial charge >= 0.3 is 0 Å². The van der Waals surface area contributed by atoms with E-state index in [2.05, 4.69) is 50.9 Å². The first kappa shape index (κ1) is 15.0. The van der Waals surface area contributed by atoms with Crippen LogP contribution in [-0.2, 0) is 6.42 Å². The van der Waals surface area contributed by atoms with Gasteiger partial charge in [-0.25, -0.2) is 4.39 Å². The van der Waals surface area contributed by atoms with Gasteiger partial charge in [0.1, 0.15) is 5.82 Å². The molecule has 2 aromatic carbocycles. The molecule has 0 saturated carbocycles. The Morgan fingerprint density at radius 3 is 2.42 bits per heavy atom. The molecule has 2 aromatic rings. The predicted molar refractivity (Wildman–Crippen MR) is 85.7 cm³/mol. The van der Waals surface area contributed by atoms with Crippen molar-refractivity contribution in [2.75, 3.05) is 0 Å². The molecule has 0 amide bonds. The summed E-state index contributed by atoms with van der Waals surface area (Å²) in [7, 11) is 0. The van der Waals surface area contributed by atoms with Crippen molar-refractivity contribution < 1.29 is 4.39 Å². The van der Waals surface area contributed by atoms with Crippen molar-refractivity contribution in [1.82, 2.24) is 0 Å². The number of benzene rings is 2. The van der Waals surface area contributed by atoms with Crippen molar-refractivity contribution in [2.24, 2.45) is 0 Å². The van der Waals surface area contributed by atoms with Gasteiger partial charge in [0.25, 0.3) is 0 Å². The van der Waals surface area contributed by atoms with Crippen LogP contribution in [0, 0.1) is 5.82 Å². The highest BCUT2D eigenvalue weighted by molar-refractivity contribution is 9.10. The molecule has 0 aliphatic carbocycles. The Labute approximate surface area is 134 Å². The second-order valence-electron chi connectivity index (χ2n) is 4.25. The Bertz CT molecular complexity index is 581. The van der Waals surface area contributed by atoms with E-state index in [1.807, 2.05) is 12.1 Å². The lowest BCUT2D eigenvalue weighted by Crippen LogP contribution is -1.97. The van der Waals surface area contributed by atoms with E-state index in [1.54, 1.807) is 6.07 Å². The fraction of sp³-hybridized carbons (Fsp3) is 0.200. The zero-order chi connectivity index (χ0) is 14.0. The molecule has 0 nitrogen and oxygen atoms in total. The third-order valence-corrected chi connectivity index (χ3v) is 5.21. The van der Waals surface area contributed by atoms with E-state index in [0.717, 1.165) is 12.0 Å². The van der Waals surface area contributed by atoms with Crippen LogP contribution in [0.15, 0.2) is 40.9 Å². The average molecular weight is 407 g/mol. The standard InChI is InChI=1S/C15H12Br2ClF/c1-2-9-3-5-10(6-4-9)15(17)11-7-13(18)12(16)8-14(11)19/h3-8,15H,2H2,1H3. The summed E-state index contributed by atoms with van der Waals surface area (Å²) in [6.07, 6.45) is 0.992. The minimum absolute atomic E-state index is 0.205. The molecule has 100 valence electrons. The van der Waals surface area contributed by atoms with Crippen LogP contribution in [0.1, 0.15) is 28.4 Å². The largest absolute Gasteiger partial charge is 0.207 e. The Hall–Kier alpha value is -0.380. The summed E-state index contributed by atoms with van der Waals surface area (Å²) in [4.78, 5) is -0.205. The van der Waals surface area contributed by atoms with Crippen LogP contribution < -0.4 is 0 Å². The lowest BCUT2D eigenvalue weighted by Gasteiger charge is -2.13. The van der Waals surface area contributed by atoms with E-state index < -0.39 is 0 Å². The van der Waals surface area contributed by atoms with E-state index in [4.69, 9.17) is 11.6 Å². The molecule has 0 aliphatic heterocycles. The summed E-state index contributed by atoms with van der Waals surface area (Å²) in [6.45, 7) is 2.11. The van der Waals surface area contributed by atoms with Gasteiger partial charge in [0, 0.05) is 10.0 Å².